The summed E-state index contributed by atoms with van der Waals surface area (Å²) in [5.41, 5.74) is 3.57. The normalized spacial score (nSPS) is 23.0. The Morgan fingerprint density at radius 1 is 1.09 bits per heavy atom. The number of nitrogens with zero attached hydrogens (tertiary/aromatic N) is 1. The summed E-state index contributed by atoms with van der Waals surface area (Å²) in [6.07, 6.45) is 2.01. The molecular weight excluding hydrogens is 432 g/mol. The van der Waals surface area contributed by atoms with E-state index in [9.17, 15) is 19.5 Å². The number of carbonyl (C=O) groups is 3. The fourth-order valence-corrected chi connectivity index (χ4v) is 6.01. The van der Waals surface area contributed by atoms with E-state index in [2.05, 4.69) is 29.6 Å². The van der Waals surface area contributed by atoms with Crippen LogP contribution in [0.15, 0.2) is 48.5 Å². The van der Waals surface area contributed by atoms with Crippen molar-refractivity contribution in [2.75, 3.05) is 13.2 Å². The predicted molar refractivity (Wildman–Crippen MR) is 126 cm³/mol. The summed E-state index contributed by atoms with van der Waals surface area (Å²) < 4.78 is 5.64. The van der Waals surface area contributed by atoms with E-state index in [1.165, 1.54) is 4.90 Å². The lowest BCUT2D eigenvalue weighted by molar-refractivity contribution is -0.158. The van der Waals surface area contributed by atoms with E-state index in [0.717, 1.165) is 28.7 Å². The minimum Gasteiger partial charge on any atom is -0.479 e. The monoisotopic (exact) mass is 462 g/mol. The molecule has 0 aromatic heterocycles. The molecule has 178 valence electrons. The lowest BCUT2D eigenvalue weighted by atomic mass is 9.73. The standard InChI is InChI=1S/C27H30N2O5/c1-2-7-18(12-24(30)29-15-17-13-27(29,14-17)25(31)32)28-26(33)34-16-23-21-10-5-3-8-19(21)20-9-4-6-11-22(20)23/h3-6,8-11,17-18,23H,2,7,12-16H2,1H3,(H,28,33)(H,31,32)/t17?,18-,27?/m0/s1. The van der Waals surface area contributed by atoms with Gasteiger partial charge in [0.1, 0.15) is 12.1 Å². The average Bonchev–Trinajstić information content (AvgIpc) is 3.47. The van der Waals surface area contributed by atoms with E-state index in [0.29, 0.717) is 25.8 Å². The van der Waals surface area contributed by atoms with Crippen molar-refractivity contribution in [2.45, 2.75) is 56.5 Å². The fourth-order valence-electron chi connectivity index (χ4n) is 6.01. The van der Waals surface area contributed by atoms with Crippen LogP contribution < -0.4 is 5.32 Å². The fraction of sp³-hybridized carbons (Fsp3) is 0.444. The summed E-state index contributed by atoms with van der Waals surface area (Å²) in [5.74, 6) is -0.887. The molecule has 2 aliphatic heterocycles. The number of nitrogens with one attached hydrogen (secondary N) is 1. The number of carboxylic acid groups (broad SMARTS) is 1. The molecule has 2 aromatic rings. The van der Waals surface area contributed by atoms with E-state index in [4.69, 9.17) is 4.74 Å². The summed E-state index contributed by atoms with van der Waals surface area (Å²) >= 11 is 0. The molecule has 2 aliphatic carbocycles. The van der Waals surface area contributed by atoms with Gasteiger partial charge in [-0.2, -0.15) is 0 Å². The molecule has 2 N–H and O–H groups in total. The van der Waals surface area contributed by atoms with Gasteiger partial charge in [-0.15, -0.1) is 0 Å². The zero-order chi connectivity index (χ0) is 23.9. The molecule has 34 heavy (non-hydrogen) atoms. The van der Waals surface area contributed by atoms with Gasteiger partial charge in [-0.05, 0) is 47.4 Å². The Balaban J connectivity index is 1.21. The highest BCUT2D eigenvalue weighted by atomic mass is 16.5. The Morgan fingerprint density at radius 3 is 2.29 bits per heavy atom. The summed E-state index contributed by atoms with van der Waals surface area (Å²) in [6.45, 7) is 2.69. The second kappa shape index (κ2) is 8.78. The molecule has 2 bridgehead atoms. The van der Waals surface area contributed by atoms with Crippen LogP contribution in [-0.2, 0) is 14.3 Å². The Kier molecular flexibility index (Phi) is 5.80. The van der Waals surface area contributed by atoms with Crippen LogP contribution in [0.4, 0.5) is 4.79 Å². The molecule has 0 spiro atoms. The van der Waals surface area contributed by atoms with Crippen LogP contribution in [0.2, 0.25) is 0 Å². The number of benzene rings is 2. The number of ether oxygens (including phenoxy) is 1. The molecule has 6 rings (SSSR count). The molecule has 0 unspecified atom stereocenters. The molecule has 7 nitrogen and oxygen atoms in total. The third kappa shape index (κ3) is 3.73. The number of alkyl carbamates (subject to hydrolysis) is 1. The highest BCUT2D eigenvalue weighted by molar-refractivity contribution is 5.90. The van der Waals surface area contributed by atoms with E-state index in [1.807, 2.05) is 31.2 Å². The van der Waals surface area contributed by atoms with Gasteiger partial charge < -0.3 is 20.1 Å². The Labute approximate surface area is 199 Å². The molecule has 2 heterocycles. The maximum Gasteiger partial charge on any atom is 0.407 e. The van der Waals surface area contributed by atoms with Crippen LogP contribution in [0.1, 0.15) is 56.1 Å². The number of aliphatic carboxylic acids is 1. The summed E-state index contributed by atoms with van der Waals surface area (Å²) in [4.78, 5) is 39.0. The molecule has 7 heteroatoms. The van der Waals surface area contributed by atoms with Crippen LogP contribution >= 0.6 is 0 Å². The molecule has 4 aliphatic rings. The molecule has 0 radical (unpaired) electrons. The number of hydrogen-bond acceptors (Lipinski definition) is 4. The van der Waals surface area contributed by atoms with Gasteiger partial charge in [-0.3, -0.25) is 4.79 Å². The van der Waals surface area contributed by atoms with Gasteiger partial charge in [0.15, 0.2) is 0 Å². The van der Waals surface area contributed by atoms with Crippen LogP contribution in [-0.4, -0.2) is 52.7 Å². The molecule has 2 amide bonds. The first kappa shape index (κ1) is 22.4. The smallest absolute Gasteiger partial charge is 0.407 e. The van der Waals surface area contributed by atoms with Crippen molar-refractivity contribution in [3.63, 3.8) is 0 Å². The van der Waals surface area contributed by atoms with Crippen molar-refractivity contribution in [3.05, 3.63) is 59.7 Å². The molecule has 1 saturated carbocycles. The van der Waals surface area contributed by atoms with E-state index in [1.54, 1.807) is 0 Å². The van der Waals surface area contributed by atoms with Gasteiger partial charge >= 0.3 is 12.1 Å². The first-order valence-corrected chi connectivity index (χ1v) is 12.1. The predicted octanol–water partition coefficient (Wildman–Crippen LogP) is 4.16. The summed E-state index contributed by atoms with van der Waals surface area (Å²) in [7, 11) is 0. The lowest BCUT2D eigenvalue weighted by Gasteiger charge is -2.38. The van der Waals surface area contributed by atoms with Crippen LogP contribution in [0.5, 0.6) is 0 Å². The van der Waals surface area contributed by atoms with Crippen molar-refractivity contribution in [1.29, 1.82) is 0 Å². The van der Waals surface area contributed by atoms with E-state index < -0.39 is 23.6 Å². The second-order valence-corrected chi connectivity index (χ2v) is 9.77. The van der Waals surface area contributed by atoms with Crippen molar-refractivity contribution < 1.29 is 24.2 Å². The Morgan fingerprint density at radius 2 is 1.71 bits per heavy atom. The SMILES string of the molecule is CCC[C@@H](CC(=O)N1CC2CC1(C(=O)O)C2)NC(=O)OCC1c2ccccc2-c2ccccc21. The quantitative estimate of drug-likeness (QED) is 0.614. The number of carbonyl (C=O) groups excluding carboxylic acids is 2. The molecular formula is C27H30N2O5. The van der Waals surface area contributed by atoms with Gasteiger partial charge in [0.05, 0.1) is 0 Å². The van der Waals surface area contributed by atoms with Gasteiger partial charge in [-0.25, -0.2) is 9.59 Å². The largest absolute Gasteiger partial charge is 0.479 e. The summed E-state index contributed by atoms with van der Waals surface area (Å²) in [6, 6.07) is 15.9. The zero-order valence-corrected chi connectivity index (χ0v) is 19.3. The third-order valence-corrected chi connectivity index (χ3v) is 7.63. The summed E-state index contributed by atoms with van der Waals surface area (Å²) in [5, 5.41) is 12.5. The van der Waals surface area contributed by atoms with Gasteiger partial charge in [0.2, 0.25) is 5.91 Å². The number of fused-ring (bicyclic) bond motifs is 4. The van der Waals surface area contributed by atoms with E-state index in [-0.39, 0.29) is 30.8 Å². The van der Waals surface area contributed by atoms with Gasteiger partial charge in [0.25, 0.3) is 0 Å². The van der Waals surface area contributed by atoms with Crippen LogP contribution in [0.25, 0.3) is 11.1 Å². The first-order valence-electron chi connectivity index (χ1n) is 12.1. The average molecular weight is 463 g/mol. The number of carboxylic acids is 1. The third-order valence-electron chi connectivity index (χ3n) is 7.63. The van der Waals surface area contributed by atoms with Gasteiger partial charge in [0, 0.05) is 24.9 Å². The minimum absolute atomic E-state index is 0.0313. The van der Waals surface area contributed by atoms with Crippen LogP contribution in [0, 0.1) is 5.92 Å². The molecule has 2 saturated heterocycles. The maximum absolute atomic E-state index is 13.0. The molecule has 3 fully saturated rings. The minimum atomic E-state index is -1.04. The number of rotatable bonds is 8. The first-order chi connectivity index (χ1) is 16.4. The highest BCUT2D eigenvalue weighted by Crippen LogP contribution is 2.51. The van der Waals surface area contributed by atoms with Crippen molar-refractivity contribution >= 4 is 18.0 Å². The zero-order valence-electron chi connectivity index (χ0n) is 19.3. The van der Waals surface area contributed by atoms with Gasteiger partial charge in [-0.1, -0.05) is 61.9 Å². The lowest BCUT2D eigenvalue weighted by Crippen LogP contribution is -2.55. The topological polar surface area (TPSA) is 95.9 Å². The van der Waals surface area contributed by atoms with Crippen molar-refractivity contribution in [1.82, 2.24) is 10.2 Å². The highest BCUT2D eigenvalue weighted by Gasteiger charge is 2.62. The van der Waals surface area contributed by atoms with Crippen molar-refractivity contribution in [2.24, 2.45) is 5.92 Å². The second-order valence-electron chi connectivity index (χ2n) is 9.77. The molecule has 2 aromatic carbocycles. The van der Waals surface area contributed by atoms with Crippen molar-refractivity contribution in [3.8, 4) is 11.1 Å². The Bertz CT molecular complexity index is 1080. The van der Waals surface area contributed by atoms with E-state index >= 15 is 0 Å². The molecule has 1 atom stereocenters. The Hall–Kier alpha value is -3.35. The maximum atomic E-state index is 13.0. The number of amides is 2. The number of hydrogen-bond donors (Lipinski definition) is 2. The van der Waals surface area contributed by atoms with Crippen LogP contribution in [0.3, 0.4) is 0 Å².